The molecule has 19 heavy (non-hydrogen) atoms. The van der Waals surface area contributed by atoms with Gasteiger partial charge in [0.2, 0.25) is 0 Å². The summed E-state index contributed by atoms with van der Waals surface area (Å²) < 4.78 is 15.5. The first-order valence-corrected chi connectivity index (χ1v) is 6.72. The van der Waals surface area contributed by atoms with Gasteiger partial charge in [-0.1, -0.05) is 13.0 Å². The molecular weight excluding hydrogens is 241 g/mol. The van der Waals surface area contributed by atoms with Crippen molar-refractivity contribution in [3.63, 3.8) is 0 Å². The fraction of sp³-hybridized carbons (Fsp3) is 0.400. The minimum atomic E-state index is -0.216. The van der Waals surface area contributed by atoms with Crippen LogP contribution < -0.4 is 5.32 Å². The zero-order chi connectivity index (χ0) is 13.8. The highest BCUT2D eigenvalue weighted by molar-refractivity contribution is 5.64. The van der Waals surface area contributed by atoms with Crippen molar-refractivity contribution in [1.82, 2.24) is 15.1 Å². The molecule has 0 aliphatic heterocycles. The maximum Gasteiger partial charge on any atom is 0.123 e. The third-order valence-corrected chi connectivity index (χ3v) is 3.28. The van der Waals surface area contributed by atoms with E-state index in [0.29, 0.717) is 0 Å². The molecule has 0 amide bonds. The molecule has 0 fully saturated rings. The van der Waals surface area contributed by atoms with E-state index >= 15 is 0 Å². The molecular formula is C15H20FN3. The molecule has 3 nitrogen and oxygen atoms in total. The second-order valence-corrected chi connectivity index (χ2v) is 4.54. The van der Waals surface area contributed by atoms with Gasteiger partial charge < -0.3 is 5.32 Å². The number of hydrogen-bond acceptors (Lipinski definition) is 2. The third kappa shape index (κ3) is 2.84. The molecule has 1 atom stereocenters. The van der Waals surface area contributed by atoms with Crippen molar-refractivity contribution in [2.24, 2.45) is 0 Å². The van der Waals surface area contributed by atoms with Crippen LogP contribution in [0.25, 0.3) is 11.3 Å². The van der Waals surface area contributed by atoms with Crippen molar-refractivity contribution in [2.75, 3.05) is 6.54 Å². The summed E-state index contributed by atoms with van der Waals surface area (Å²) in [5.74, 6) is -0.216. The Kier molecular flexibility index (Phi) is 4.32. The molecule has 0 saturated heterocycles. The molecule has 1 aromatic carbocycles. The highest BCUT2D eigenvalue weighted by Gasteiger charge is 2.15. The quantitative estimate of drug-likeness (QED) is 0.894. The van der Waals surface area contributed by atoms with Gasteiger partial charge in [-0.3, -0.25) is 4.68 Å². The smallest absolute Gasteiger partial charge is 0.123 e. The first-order chi connectivity index (χ1) is 9.17. The molecule has 4 heteroatoms. The Morgan fingerprint density at radius 3 is 2.79 bits per heavy atom. The summed E-state index contributed by atoms with van der Waals surface area (Å²) in [5.41, 5.74) is 2.97. The van der Waals surface area contributed by atoms with E-state index in [9.17, 15) is 4.39 Å². The van der Waals surface area contributed by atoms with Gasteiger partial charge in [0.1, 0.15) is 5.82 Å². The maximum absolute atomic E-state index is 13.6. The molecule has 2 aromatic rings. The van der Waals surface area contributed by atoms with E-state index in [-0.39, 0.29) is 11.9 Å². The molecule has 0 radical (unpaired) electrons. The lowest BCUT2D eigenvalue weighted by Gasteiger charge is -2.18. The van der Waals surface area contributed by atoms with Crippen LogP contribution in [0.5, 0.6) is 0 Å². The Bertz CT molecular complexity index is 548. The molecule has 0 aliphatic carbocycles. The van der Waals surface area contributed by atoms with Crippen LogP contribution in [0.15, 0.2) is 30.5 Å². The second kappa shape index (κ2) is 5.97. The van der Waals surface area contributed by atoms with Crippen LogP contribution in [0, 0.1) is 5.82 Å². The lowest BCUT2D eigenvalue weighted by atomic mass is 9.98. The van der Waals surface area contributed by atoms with Crippen molar-refractivity contribution in [1.29, 1.82) is 0 Å². The third-order valence-electron chi connectivity index (χ3n) is 3.28. The Balaban J connectivity index is 2.51. The molecule has 0 aliphatic rings. The van der Waals surface area contributed by atoms with E-state index < -0.39 is 0 Å². The number of aryl methyl sites for hydroxylation is 1. The summed E-state index contributed by atoms with van der Waals surface area (Å²) in [4.78, 5) is 0. The Hall–Kier alpha value is -1.68. The molecule has 102 valence electrons. The summed E-state index contributed by atoms with van der Waals surface area (Å²) in [6.07, 6.45) is 1.76. The fourth-order valence-corrected chi connectivity index (χ4v) is 2.36. The van der Waals surface area contributed by atoms with E-state index in [4.69, 9.17) is 0 Å². The molecule has 2 rings (SSSR count). The van der Waals surface area contributed by atoms with Crippen LogP contribution in [0.2, 0.25) is 0 Å². The normalized spacial score (nSPS) is 12.6. The topological polar surface area (TPSA) is 29.9 Å². The van der Waals surface area contributed by atoms with Gasteiger partial charge in [-0.25, -0.2) is 4.39 Å². The largest absolute Gasteiger partial charge is 0.310 e. The summed E-state index contributed by atoms with van der Waals surface area (Å²) in [6, 6.07) is 7.07. The average molecular weight is 261 g/mol. The van der Waals surface area contributed by atoms with E-state index in [1.165, 1.54) is 6.07 Å². The average Bonchev–Trinajstić information content (AvgIpc) is 2.86. The summed E-state index contributed by atoms with van der Waals surface area (Å²) in [5, 5.41) is 7.63. The number of halogens is 1. The van der Waals surface area contributed by atoms with Gasteiger partial charge in [0, 0.05) is 24.3 Å². The summed E-state index contributed by atoms with van der Waals surface area (Å²) >= 11 is 0. The monoisotopic (exact) mass is 261 g/mol. The second-order valence-electron chi connectivity index (χ2n) is 4.54. The van der Waals surface area contributed by atoms with Crippen LogP contribution in [-0.2, 0) is 6.54 Å². The van der Waals surface area contributed by atoms with Crippen LogP contribution in [0.4, 0.5) is 4.39 Å². The minimum absolute atomic E-state index is 0.181. The number of rotatable bonds is 5. The Morgan fingerprint density at radius 2 is 2.11 bits per heavy atom. The van der Waals surface area contributed by atoms with Crippen LogP contribution in [0.3, 0.4) is 0 Å². The van der Waals surface area contributed by atoms with E-state index in [1.54, 1.807) is 12.3 Å². The molecule has 0 bridgehead atoms. The Morgan fingerprint density at radius 1 is 1.32 bits per heavy atom. The molecule has 0 spiro atoms. The lowest BCUT2D eigenvalue weighted by Crippen LogP contribution is -2.18. The maximum atomic E-state index is 13.6. The SMILES string of the molecule is CCNC(C)c1ccc(F)cc1-c1ccnn1CC. The first kappa shape index (κ1) is 13.7. The molecule has 0 saturated carbocycles. The number of hydrogen-bond donors (Lipinski definition) is 1. The van der Waals surface area contributed by atoms with Gasteiger partial charge in [-0.2, -0.15) is 5.10 Å². The molecule has 1 heterocycles. The van der Waals surface area contributed by atoms with Crippen molar-refractivity contribution < 1.29 is 4.39 Å². The standard InChI is InChI=1S/C15H20FN3/c1-4-17-11(3)13-7-6-12(16)10-14(13)15-8-9-18-19(15)5-2/h6-11,17H,4-5H2,1-3H3. The number of nitrogens with zero attached hydrogens (tertiary/aromatic N) is 2. The summed E-state index contributed by atoms with van der Waals surface area (Å²) in [6.45, 7) is 7.84. The van der Waals surface area contributed by atoms with Gasteiger partial charge >= 0.3 is 0 Å². The van der Waals surface area contributed by atoms with E-state index in [0.717, 1.165) is 29.9 Å². The zero-order valence-corrected chi connectivity index (χ0v) is 11.7. The first-order valence-electron chi connectivity index (χ1n) is 6.72. The molecule has 1 unspecified atom stereocenters. The van der Waals surface area contributed by atoms with E-state index in [2.05, 4.69) is 24.3 Å². The summed E-state index contributed by atoms with van der Waals surface area (Å²) in [7, 11) is 0. The number of benzene rings is 1. The number of nitrogens with one attached hydrogen (secondary N) is 1. The van der Waals surface area contributed by atoms with Gasteiger partial charge in [0.15, 0.2) is 0 Å². The van der Waals surface area contributed by atoms with Gasteiger partial charge in [-0.15, -0.1) is 0 Å². The zero-order valence-electron chi connectivity index (χ0n) is 11.7. The Labute approximate surface area is 113 Å². The van der Waals surface area contributed by atoms with Gasteiger partial charge in [0.05, 0.1) is 5.69 Å². The molecule has 1 aromatic heterocycles. The predicted octanol–water partition coefficient (Wildman–Crippen LogP) is 3.38. The number of aromatic nitrogens is 2. The predicted molar refractivity (Wildman–Crippen MR) is 75.4 cm³/mol. The molecule has 1 N–H and O–H groups in total. The van der Waals surface area contributed by atoms with Crippen LogP contribution in [-0.4, -0.2) is 16.3 Å². The van der Waals surface area contributed by atoms with E-state index in [1.807, 2.05) is 23.7 Å². The van der Waals surface area contributed by atoms with Gasteiger partial charge in [-0.05, 0) is 44.2 Å². The highest BCUT2D eigenvalue weighted by Crippen LogP contribution is 2.29. The van der Waals surface area contributed by atoms with Crippen LogP contribution in [0.1, 0.15) is 32.4 Å². The van der Waals surface area contributed by atoms with Crippen molar-refractivity contribution in [3.05, 3.63) is 41.8 Å². The lowest BCUT2D eigenvalue weighted by molar-refractivity contribution is 0.591. The van der Waals surface area contributed by atoms with Gasteiger partial charge in [0.25, 0.3) is 0 Å². The van der Waals surface area contributed by atoms with Crippen molar-refractivity contribution in [3.8, 4) is 11.3 Å². The van der Waals surface area contributed by atoms with Crippen LogP contribution >= 0.6 is 0 Å². The minimum Gasteiger partial charge on any atom is -0.310 e. The highest BCUT2D eigenvalue weighted by atomic mass is 19.1. The fourth-order valence-electron chi connectivity index (χ4n) is 2.36. The van der Waals surface area contributed by atoms with Crippen molar-refractivity contribution >= 4 is 0 Å². The van der Waals surface area contributed by atoms with Crippen molar-refractivity contribution in [2.45, 2.75) is 33.4 Å².